The van der Waals surface area contributed by atoms with E-state index < -0.39 is 0 Å². The zero-order chi connectivity index (χ0) is 22.7. The molecule has 2 aliphatic heterocycles. The van der Waals surface area contributed by atoms with E-state index in [2.05, 4.69) is 57.6 Å². The van der Waals surface area contributed by atoms with E-state index in [9.17, 15) is 4.79 Å². The number of hydrogen-bond donors (Lipinski definition) is 1. The van der Waals surface area contributed by atoms with Crippen LogP contribution in [0.5, 0.6) is 5.75 Å². The third kappa shape index (κ3) is 8.25. The minimum Gasteiger partial charge on any atom is -0.484 e. The molecule has 0 radical (unpaired) electrons. The molecule has 5 nitrogen and oxygen atoms in total. The standard InChI is InChI=1S/C26H35N3O2S2/c30-25(21-31-24-10-8-23(9-11-24)26-32-18-5-19-33-26)27-12-4-13-28-14-16-29(17-15-28)20-22-6-2-1-3-7-22/h1-3,6-11,26H,4-5,12-21H2,(H,27,30). The van der Waals surface area contributed by atoms with Crippen molar-refractivity contribution in [3.8, 4) is 5.75 Å². The van der Waals surface area contributed by atoms with Crippen molar-refractivity contribution in [2.24, 2.45) is 0 Å². The van der Waals surface area contributed by atoms with Gasteiger partial charge in [0.2, 0.25) is 0 Å². The summed E-state index contributed by atoms with van der Waals surface area (Å²) in [7, 11) is 0. The lowest BCUT2D eigenvalue weighted by Gasteiger charge is -2.34. The van der Waals surface area contributed by atoms with Crippen molar-refractivity contribution >= 4 is 29.4 Å². The highest BCUT2D eigenvalue weighted by Gasteiger charge is 2.17. The van der Waals surface area contributed by atoms with Crippen LogP contribution in [0, 0.1) is 0 Å². The smallest absolute Gasteiger partial charge is 0.257 e. The number of rotatable bonds is 10. The summed E-state index contributed by atoms with van der Waals surface area (Å²) in [5.41, 5.74) is 2.72. The molecule has 0 aromatic heterocycles. The van der Waals surface area contributed by atoms with Gasteiger partial charge in [0.25, 0.3) is 5.91 Å². The second-order valence-corrected chi connectivity index (χ2v) is 11.3. The van der Waals surface area contributed by atoms with Gasteiger partial charge in [-0.2, -0.15) is 0 Å². The van der Waals surface area contributed by atoms with Crippen molar-refractivity contribution < 1.29 is 9.53 Å². The molecule has 2 fully saturated rings. The highest BCUT2D eigenvalue weighted by Crippen LogP contribution is 2.43. The molecule has 178 valence electrons. The Morgan fingerprint density at radius 3 is 2.36 bits per heavy atom. The largest absolute Gasteiger partial charge is 0.484 e. The van der Waals surface area contributed by atoms with Gasteiger partial charge in [-0.3, -0.25) is 9.69 Å². The Balaban J connectivity index is 1.05. The first-order valence-corrected chi connectivity index (χ1v) is 14.1. The van der Waals surface area contributed by atoms with Gasteiger partial charge >= 0.3 is 0 Å². The molecule has 1 N–H and O–H groups in total. The predicted octanol–water partition coefficient (Wildman–Crippen LogP) is 4.26. The Morgan fingerprint density at radius 1 is 0.939 bits per heavy atom. The number of piperazine rings is 1. The molecular weight excluding hydrogens is 450 g/mol. The van der Waals surface area contributed by atoms with Crippen LogP contribution < -0.4 is 10.1 Å². The van der Waals surface area contributed by atoms with E-state index in [1.165, 1.54) is 29.1 Å². The number of hydrogen-bond acceptors (Lipinski definition) is 6. The molecule has 2 aromatic carbocycles. The van der Waals surface area contributed by atoms with Crippen molar-refractivity contribution in [1.82, 2.24) is 15.1 Å². The fourth-order valence-corrected chi connectivity index (χ4v) is 7.04. The number of carbonyl (C=O) groups is 1. The highest BCUT2D eigenvalue weighted by atomic mass is 32.2. The van der Waals surface area contributed by atoms with Crippen LogP contribution in [0.2, 0.25) is 0 Å². The van der Waals surface area contributed by atoms with Crippen LogP contribution in [0.1, 0.15) is 28.6 Å². The summed E-state index contributed by atoms with van der Waals surface area (Å²) in [5.74, 6) is 3.18. The van der Waals surface area contributed by atoms with E-state index in [0.717, 1.165) is 51.4 Å². The minimum atomic E-state index is -0.0508. The second-order valence-electron chi connectivity index (χ2n) is 8.59. The van der Waals surface area contributed by atoms with Gasteiger partial charge in [0.15, 0.2) is 6.61 Å². The van der Waals surface area contributed by atoms with E-state index >= 15 is 0 Å². The molecule has 0 spiro atoms. The maximum absolute atomic E-state index is 12.1. The number of nitrogens with zero attached hydrogens (tertiary/aromatic N) is 2. The number of nitrogens with one attached hydrogen (secondary N) is 1. The molecule has 4 rings (SSSR count). The monoisotopic (exact) mass is 485 g/mol. The number of amides is 1. The SMILES string of the molecule is O=C(COc1ccc(C2SCCCS2)cc1)NCCCN1CCN(Cc2ccccc2)CC1. The lowest BCUT2D eigenvalue weighted by Crippen LogP contribution is -2.46. The Bertz CT molecular complexity index is 836. The molecule has 7 heteroatoms. The van der Waals surface area contributed by atoms with E-state index in [0.29, 0.717) is 11.1 Å². The number of benzene rings is 2. The minimum absolute atomic E-state index is 0.0508. The third-order valence-corrected chi connectivity index (χ3v) is 9.05. The molecule has 2 aliphatic rings. The maximum atomic E-state index is 12.1. The molecule has 0 bridgehead atoms. The Hall–Kier alpha value is -1.67. The van der Waals surface area contributed by atoms with Gasteiger partial charge in [0.1, 0.15) is 5.75 Å². The Kier molecular flexibility index (Phi) is 9.84. The number of thioether (sulfide) groups is 2. The maximum Gasteiger partial charge on any atom is 0.257 e. The Labute approximate surface area is 206 Å². The first-order valence-electron chi connectivity index (χ1n) is 12.0. The first-order chi connectivity index (χ1) is 16.3. The number of ether oxygens (including phenoxy) is 1. The molecule has 0 saturated carbocycles. The van der Waals surface area contributed by atoms with Crippen molar-refractivity contribution in [2.45, 2.75) is 24.0 Å². The van der Waals surface area contributed by atoms with Crippen molar-refractivity contribution in [1.29, 1.82) is 0 Å². The first kappa shape index (κ1) is 24.5. The molecule has 0 atom stereocenters. The molecule has 2 heterocycles. The lowest BCUT2D eigenvalue weighted by atomic mass is 10.2. The summed E-state index contributed by atoms with van der Waals surface area (Å²) < 4.78 is 6.21. The van der Waals surface area contributed by atoms with Gasteiger partial charge in [0, 0.05) is 39.3 Å². The van der Waals surface area contributed by atoms with Crippen molar-refractivity contribution in [3.63, 3.8) is 0 Å². The summed E-state index contributed by atoms with van der Waals surface area (Å²) in [6, 6.07) is 18.9. The molecule has 2 aromatic rings. The van der Waals surface area contributed by atoms with Crippen LogP contribution in [0.4, 0.5) is 0 Å². The topological polar surface area (TPSA) is 44.8 Å². The van der Waals surface area contributed by atoms with Crippen LogP contribution in [0.25, 0.3) is 0 Å². The van der Waals surface area contributed by atoms with Gasteiger partial charge < -0.3 is 15.0 Å². The third-order valence-electron chi connectivity index (χ3n) is 6.04. The molecule has 1 amide bonds. The summed E-state index contributed by atoms with van der Waals surface area (Å²) in [4.78, 5) is 17.1. The fourth-order valence-electron chi connectivity index (χ4n) is 4.14. The lowest BCUT2D eigenvalue weighted by molar-refractivity contribution is -0.123. The second kappa shape index (κ2) is 13.3. The number of carbonyl (C=O) groups excluding carboxylic acids is 1. The Morgan fingerprint density at radius 2 is 1.64 bits per heavy atom. The fraction of sp³-hybridized carbons (Fsp3) is 0.500. The molecular formula is C26H35N3O2S2. The zero-order valence-electron chi connectivity index (χ0n) is 19.3. The average Bonchev–Trinajstić information content (AvgIpc) is 2.88. The van der Waals surface area contributed by atoms with Crippen LogP contribution in [-0.2, 0) is 11.3 Å². The summed E-state index contributed by atoms with van der Waals surface area (Å²) in [6.07, 6.45) is 2.27. The van der Waals surface area contributed by atoms with Crippen LogP contribution >= 0.6 is 23.5 Å². The van der Waals surface area contributed by atoms with Crippen molar-refractivity contribution in [3.05, 3.63) is 65.7 Å². The van der Waals surface area contributed by atoms with Gasteiger partial charge in [-0.25, -0.2) is 0 Å². The molecule has 2 saturated heterocycles. The summed E-state index contributed by atoms with van der Waals surface area (Å²) >= 11 is 4.03. The molecule has 0 unspecified atom stereocenters. The highest BCUT2D eigenvalue weighted by molar-refractivity contribution is 8.16. The zero-order valence-corrected chi connectivity index (χ0v) is 20.9. The summed E-state index contributed by atoms with van der Waals surface area (Å²) in [6.45, 7) is 7.23. The van der Waals surface area contributed by atoms with Crippen LogP contribution in [0.15, 0.2) is 54.6 Å². The quantitative estimate of drug-likeness (QED) is 0.508. The van der Waals surface area contributed by atoms with Gasteiger partial charge in [-0.15, -0.1) is 23.5 Å². The van der Waals surface area contributed by atoms with E-state index in [-0.39, 0.29) is 12.5 Å². The van der Waals surface area contributed by atoms with Crippen molar-refractivity contribution in [2.75, 3.05) is 57.4 Å². The van der Waals surface area contributed by atoms with Gasteiger partial charge in [-0.1, -0.05) is 42.5 Å². The van der Waals surface area contributed by atoms with Gasteiger partial charge in [-0.05, 0) is 54.2 Å². The van der Waals surface area contributed by atoms with Gasteiger partial charge in [0.05, 0.1) is 4.58 Å². The molecule has 33 heavy (non-hydrogen) atoms. The normalized spacial score (nSPS) is 18.2. The van der Waals surface area contributed by atoms with E-state index in [1.54, 1.807) is 0 Å². The average molecular weight is 486 g/mol. The predicted molar refractivity (Wildman–Crippen MR) is 140 cm³/mol. The van der Waals surface area contributed by atoms with Crippen LogP contribution in [-0.4, -0.2) is 73.1 Å². The van der Waals surface area contributed by atoms with Crippen LogP contribution in [0.3, 0.4) is 0 Å². The molecule has 0 aliphatic carbocycles. The van der Waals surface area contributed by atoms with E-state index in [1.807, 2.05) is 35.7 Å². The summed E-state index contributed by atoms with van der Waals surface area (Å²) in [5, 5.41) is 2.99. The van der Waals surface area contributed by atoms with E-state index in [4.69, 9.17) is 4.74 Å².